The normalized spacial score (nSPS) is 12.8. The zero-order valence-corrected chi connectivity index (χ0v) is 82.0. The topological polar surface area (TPSA) is 651 Å². The Morgan fingerprint density at radius 2 is 0.654 bits per heavy atom. The third-order valence-electron chi connectivity index (χ3n) is 19.2. The van der Waals surface area contributed by atoms with E-state index in [1.165, 1.54) is 55.4 Å². The molecule has 0 bridgehead atoms. The van der Waals surface area contributed by atoms with Crippen LogP contribution in [0.2, 0.25) is 0 Å². The van der Waals surface area contributed by atoms with Gasteiger partial charge in [0.2, 0.25) is 17.7 Å². The van der Waals surface area contributed by atoms with Crippen LogP contribution < -0.4 is 47.9 Å². The molecule has 0 spiro atoms. The van der Waals surface area contributed by atoms with E-state index in [4.69, 9.17) is 54.3 Å². The minimum Gasteiger partial charge on any atom is -0.481 e. The van der Waals surface area contributed by atoms with E-state index in [0.29, 0.717) is 78.7 Å². The van der Waals surface area contributed by atoms with Crippen LogP contribution in [0.25, 0.3) is 0 Å². The lowest BCUT2D eigenvalue weighted by molar-refractivity contribution is -0.144. The zero-order chi connectivity index (χ0) is 103. The maximum atomic E-state index is 11.8. The molecule has 0 saturated carbocycles. The van der Waals surface area contributed by atoms with E-state index in [1.54, 1.807) is 69.7 Å². The number of carboxylic acids is 6. The van der Waals surface area contributed by atoms with Gasteiger partial charge >= 0.3 is 35.8 Å². The predicted octanol–water partition coefficient (Wildman–Crippen LogP) is 4.74. The van der Waals surface area contributed by atoms with Crippen molar-refractivity contribution < 1.29 is 160 Å². The summed E-state index contributed by atoms with van der Waals surface area (Å²) in [5, 5.41) is 76.1. The Morgan fingerprint density at radius 1 is 0.316 bits per heavy atom. The van der Waals surface area contributed by atoms with E-state index in [9.17, 15) is 105 Å². The van der Waals surface area contributed by atoms with Crippen molar-refractivity contribution in [3.63, 3.8) is 0 Å². The summed E-state index contributed by atoms with van der Waals surface area (Å²) in [4.78, 5) is 242. The van der Waals surface area contributed by atoms with Crippen LogP contribution in [0.1, 0.15) is 259 Å². The molecule has 0 aromatic heterocycles. The second kappa shape index (κ2) is 92.9. The number of amides is 3. The lowest BCUT2D eigenvalue weighted by Crippen LogP contribution is -2.37. The van der Waals surface area contributed by atoms with Crippen molar-refractivity contribution in [3.8, 4) is 0 Å². The highest BCUT2D eigenvalue weighted by Gasteiger charge is 2.27. The second-order valence-electron chi connectivity index (χ2n) is 31.1. The van der Waals surface area contributed by atoms with E-state index in [2.05, 4.69) is 47.9 Å². The summed E-state index contributed by atoms with van der Waals surface area (Å²) < 4.78 is 25.9. The summed E-state index contributed by atoms with van der Waals surface area (Å²) in [6.45, 7) is 30.1. The van der Waals surface area contributed by atoms with Gasteiger partial charge < -0.3 is 107 Å². The lowest BCUT2D eigenvalue weighted by Gasteiger charge is -2.15. The van der Waals surface area contributed by atoms with Gasteiger partial charge in [-0.2, -0.15) is 0 Å². The molecule has 0 heterocycles. The molecule has 0 aliphatic heterocycles. The summed E-state index contributed by atoms with van der Waals surface area (Å²) in [7, 11) is 10.2. The van der Waals surface area contributed by atoms with Crippen LogP contribution in [-0.2, 0) is 129 Å². The fourth-order valence-electron chi connectivity index (χ4n) is 10.1. The molecule has 0 aromatic carbocycles. The van der Waals surface area contributed by atoms with Gasteiger partial charge in [0.05, 0.1) is 108 Å². The Kier molecular flexibility index (Phi) is 98.8. The Morgan fingerprint density at radius 3 is 0.977 bits per heavy atom. The van der Waals surface area contributed by atoms with Crippen LogP contribution >= 0.6 is 0 Å². The van der Waals surface area contributed by atoms with Crippen LogP contribution in [-0.4, -0.2) is 324 Å². The van der Waals surface area contributed by atoms with Crippen LogP contribution in [0.4, 0.5) is 0 Å². The van der Waals surface area contributed by atoms with Gasteiger partial charge in [-0.25, -0.2) is 0 Å². The molecule has 0 rings (SSSR count). The Hall–Kier alpha value is -9.50. The first-order valence-electron chi connectivity index (χ1n) is 44.4. The number of carbonyl (C=O) groups is 22. The summed E-state index contributed by atoms with van der Waals surface area (Å²) in [6, 6.07) is -2.73. The SMILES string of the molecule is C.CCCCC(=O)C[C@@H](CCC(=O)N[C@H](C)C(C)=O)C(=O)O.CC[C@@H](CCC(=O)O)C(=O)NCC(=O)C[C@H](C)C(C)=O.CNCCOCCOCCC(=O)N[C@H](C)C(C)=O.CNCCOCCOCCOCC(C)=O.CN[C@@H](CCC(=O)O)C(=O)C[C@@H](C)C(C)=O.CN[C@@H](CCC(=O)O)C(C)=O.CN[C@H](CCC(=O)O)C(=O)CCC(C)=O.CN[C@H](CCC(=O)O)C(=O)C[C@@H](C)C(C)=O. The van der Waals surface area contributed by atoms with Crippen molar-refractivity contribution in [2.75, 3.05) is 128 Å². The van der Waals surface area contributed by atoms with Gasteiger partial charge in [0.25, 0.3) is 0 Å². The molecule has 42 heteroatoms. The molecule has 3 amide bonds. The van der Waals surface area contributed by atoms with Crippen LogP contribution in [0.5, 0.6) is 0 Å². The van der Waals surface area contributed by atoms with E-state index in [1.807, 2.05) is 21.0 Å². The number of rotatable bonds is 72. The number of likely N-dealkylation sites (N-methyl/N-ethyl adjacent to an activating group) is 6. The van der Waals surface area contributed by atoms with Crippen LogP contribution in [0.15, 0.2) is 0 Å². The Balaban J connectivity index is -0.000000190. The van der Waals surface area contributed by atoms with Gasteiger partial charge in [-0.3, -0.25) is 101 Å². The highest BCUT2D eigenvalue weighted by molar-refractivity contribution is 5.93. The monoisotopic (exact) mass is 1910 g/mol. The molecule has 772 valence electrons. The molecule has 0 aromatic rings. The van der Waals surface area contributed by atoms with Gasteiger partial charge in [0, 0.05) is 127 Å². The summed E-state index contributed by atoms with van der Waals surface area (Å²) in [5.74, 6) is -9.60. The molecule has 0 aliphatic carbocycles. The molecular weight excluding hydrogens is 1750 g/mol. The van der Waals surface area contributed by atoms with Crippen molar-refractivity contribution in [1.29, 1.82) is 0 Å². The summed E-state index contributed by atoms with van der Waals surface area (Å²) in [6.07, 6.45) is 4.94. The number of hydrogen-bond acceptors (Lipinski definition) is 33. The van der Waals surface area contributed by atoms with Crippen LogP contribution in [0.3, 0.4) is 0 Å². The minimum absolute atomic E-state index is 0. The molecule has 0 aliphatic rings. The zero-order valence-electron chi connectivity index (χ0n) is 82.0. The van der Waals surface area contributed by atoms with E-state index in [-0.39, 0.29) is 253 Å². The van der Waals surface area contributed by atoms with Gasteiger partial charge in [0.1, 0.15) is 58.7 Å². The standard InChI is InChI=1S/C15H25NO5.C14H23NO5.C12H24N2O4.2C11H19NO4.C10H17NO4.C10H21NO4.C7H13NO3.CH4/c1-4-5-6-13(18)9-12(15(20)21)7-8-14(19)16-10(2)11(3)17;1-4-11(5-6-13(18)19)14(20)15-8-12(17)7-9(2)10(3)16;1-10(11(2)15)14-12(16)4-6-17-8-9-18-7-5-13-3;2*1-7(8(2)13)6-10(14)9(12-3)4-5-11(15)16;1-7(12)3-5-9(13)8(11-2)4-6-10(14)15;1-10(12)9-15-8-7-14-6-5-13-4-3-11-2;1-5(9)6(8-2)3-4-7(10)11;/h10,12H,4-9H2,1-3H3,(H,16,19)(H,20,21);9,11H,4-8H2,1-3H3,(H,15,20)(H,18,19);10,13H,4-9H2,1-3H3,(H,14,16);2*7,9,12H,4-6H2,1-3H3,(H,15,16);8,11H,3-6H2,1-2H3,(H,14,15);11H,3-9H2,1-2H3;6,8H,3-4H2,1-2H3,(H,10,11);1H4/t10-,12-;9-,11-;10-;7-,9+;7-,9-;8-;;6-;/m101111.0./s1. The second-order valence-corrected chi connectivity index (χ2v) is 31.1. The average molecular weight is 1910 g/mol. The van der Waals surface area contributed by atoms with Crippen molar-refractivity contribution in [3.05, 3.63) is 0 Å². The molecule has 0 radical (unpaired) electrons. The summed E-state index contributed by atoms with van der Waals surface area (Å²) in [5.41, 5.74) is 0. The number of Topliss-reactive ketones (excluding diaryl/α,β-unsaturated/α-hetero) is 13. The Labute approximate surface area is 785 Å². The first kappa shape index (κ1) is 141. The lowest BCUT2D eigenvalue weighted by atomic mass is 9.95. The third-order valence-corrected chi connectivity index (χ3v) is 19.2. The first-order chi connectivity index (χ1) is 61.7. The molecule has 0 fully saturated rings. The molecule has 42 nitrogen and oxygen atoms in total. The van der Waals surface area contributed by atoms with Gasteiger partial charge in [0.15, 0.2) is 23.1 Å². The number of carbonyl (C=O) groups excluding carboxylic acids is 16. The molecule has 15 N–H and O–H groups in total. The third kappa shape index (κ3) is 98.3. The van der Waals surface area contributed by atoms with Crippen molar-refractivity contribution in [2.24, 2.45) is 29.6 Å². The van der Waals surface area contributed by atoms with Gasteiger partial charge in [-0.15, -0.1) is 0 Å². The van der Waals surface area contributed by atoms with Crippen molar-refractivity contribution in [1.82, 2.24) is 47.9 Å². The Bertz CT molecular complexity index is 3340. The first-order valence-corrected chi connectivity index (χ1v) is 44.4. The van der Waals surface area contributed by atoms with Crippen molar-refractivity contribution in [2.45, 2.75) is 295 Å². The molecule has 11 atom stereocenters. The average Bonchev–Trinajstić information content (AvgIpc) is 0.916. The highest BCUT2D eigenvalue weighted by Crippen LogP contribution is 2.17. The predicted molar refractivity (Wildman–Crippen MR) is 497 cm³/mol. The number of ketones is 13. The molecular formula is C91H165N9O33. The molecule has 0 saturated heterocycles. The maximum Gasteiger partial charge on any atom is 0.306 e. The fraction of sp³-hybridized carbons (Fsp3) is 0.758. The van der Waals surface area contributed by atoms with Gasteiger partial charge in [-0.1, -0.05) is 48.5 Å². The molecule has 0 unspecified atom stereocenters. The number of nitrogens with one attached hydrogen (secondary N) is 9. The van der Waals surface area contributed by atoms with Gasteiger partial charge in [-0.05, 0) is 163 Å². The number of ether oxygens (including phenoxy) is 5. The fourth-order valence-corrected chi connectivity index (χ4v) is 10.1. The minimum atomic E-state index is -1.06. The van der Waals surface area contributed by atoms with E-state index < -0.39 is 77.9 Å². The van der Waals surface area contributed by atoms with E-state index in [0.717, 1.165) is 25.9 Å². The van der Waals surface area contributed by atoms with Crippen LogP contribution in [0, 0.1) is 29.6 Å². The number of hydrogen-bond donors (Lipinski definition) is 15. The number of carboxylic acid groups (broad SMARTS) is 6. The quantitative estimate of drug-likeness (QED) is 0.0365. The largest absolute Gasteiger partial charge is 0.481 e. The smallest absolute Gasteiger partial charge is 0.306 e. The number of unbranched alkanes of at least 4 members (excludes halogenated alkanes) is 1. The highest BCUT2D eigenvalue weighted by atomic mass is 16.5. The maximum absolute atomic E-state index is 11.8. The molecule has 133 heavy (non-hydrogen) atoms. The number of aliphatic carboxylic acids is 6. The van der Waals surface area contributed by atoms with E-state index >= 15 is 0 Å². The van der Waals surface area contributed by atoms with Crippen molar-refractivity contribution >= 4 is 129 Å². The summed E-state index contributed by atoms with van der Waals surface area (Å²) >= 11 is 0.